The van der Waals surface area contributed by atoms with Crippen LogP contribution in [0.2, 0.25) is 0 Å². The highest BCUT2D eigenvalue weighted by Gasteiger charge is 2.60. The maximum absolute atomic E-state index is 10.2. The first-order valence-electron chi connectivity index (χ1n) is 11.1. The Morgan fingerprint density at radius 2 is 1.77 bits per heavy atom. The summed E-state index contributed by atoms with van der Waals surface area (Å²) in [7, 11) is 0. The second-order valence-electron chi connectivity index (χ2n) is 10.5. The van der Waals surface area contributed by atoms with Crippen molar-refractivity contribution in [1.82, 2.24) is 4.98 Å². The first-order valence-corrected chi connectivity index (χ1v) is 11.1. The number of hydrogen-bond acceptors (Lipinski definition) is 2. The average molecular weight is 354 g/mol. The molecule has 2 nitrogen and oxygen atoms in total. The molecule has 0 saturated heterocycles. The van der Waals surface area contributed by atoms with Crippen LogP contribution in [0.4, 0.5) is 0 Å². The van der Waals surface area contributed by atoms with Gasteiger partial charge in [0.1, 0.15) is 0 Å². The molecule has 2 heteroatoms. The van der Waals surface area contributed by atoms with Crippen LogP contribution in [-0.2, 0) is 0 Å². The van der Waals surface area contributed by atoms with Crippen molar-refractivity contribution in [3.8, 4) is 0 Å². The number of pyridine rings is 1. The molecule has 4 aliphatic rings. The molecular formula is C24H35NO. The van der Waals surface area contributed by atoms with E-state index >= 15 is 0 Å². The van der Waals surface area contributed by atoms with Crippen molar-refractivity contribution in [2.24, 2.45) is 34.5 Å². The van der Waals surface area contributed by atoms with Gasteiger partial charge in [-0.1, -0.05) is 19.9 Å². The normalized spacial score (nSPS) is 50.6. The summed E-state index contributed by atoms with van der Waals surface area (Å²) in [5.41, 5.74) is 2.45. The van der Waals surface area contributed by atoms with Gasteiger partial charge in [-0.3, -0.25) is 4.98 Å². The van der Waals surface area contributed by atoms with E-state index in [4.69, 9.17) is 0 Å². The molecule has 1 heterocycles. The maximum Gasteiger partial charge on any atom is 0.0543 e. The largest absolute Gasteiger partial charge is 0.393 e. The molecule has 0 amide bonds. The SMILES string of the molecule is C[C@]12CC[C@H](O)CC1CC[C@@H]1[C@@H]2CC[C@]2(C)C(c3cccnc3)CC[C@@H]12. The molecule has 8 atom stereocenters. The Hall–Kier alpha value is -0.890. The second kappa shape index (κ2) is 6.06. The molecule has 4 fully saturated rings. The summed E-state index contributed by atoms with van der Waals surface area (Å²) in [5.74, 6) is 4.20. The molecule has 0 bridgehead atoms. The minimum atomic E-state index is -0.0278. The lowest BCUT2D eigenvalue weighted by Crippen LogP contribution is -2.53. The molecule has 0 radical (unpaired) electrons. The van der Waals surface area contributed by atoms with Crippen LogP contribution >= 0.6 is 0 Å². The van der Waals surface area contributed by atoms with Gasteiger partial charge in [0, 0.05) is 12.4 Å². The fourth-order valence-corrected chi connectivity index (χ4v) is 8.37. The molecule has 1 aromatic heterocycles. The van der Waals surface area contributed by atoms with Gasteiger partial charge in [-0.05, 0) is 110 Å². The minimum Gasteiger partial charge on any atom is -0.393 e. The molecule has 0 aromatic carbocycles. The van der Waals surface area contributed by atoms with Crippen molar-refractivity contribution in [3.63, 3.8) is 0 Å². The summed E-state index contributed by atoms with van der Waals surface area (Å²) in [6.45, 7) is 5.20. The van der Waals surface area contributed by atoms with E-state index in [2.05, 4.69) is 37.2 Å². The Balaban J connectivity index is 1.43. The van der Waals surface area contributed by atoms with Crippen LogP contribution in [0.3, 0.4) is 0 Å². The van der Waals surface area contributed by atoms with Crippen LogP contribution < -0.4 is 0 Å². The quantitative estimate of drug-likeness (QED) is 0.716. The highest BCUT2D eigenvalue weighted by molar-refractivity contribution is 5.23. The summed E-state index contributed by atoms with van der Waals surface area (Å²) in [4.78, 5) is 4.43. The van der Waals surface area contributed by atoms with E-state index in [-0.39, 0.29) is 6.10 Å². The van der Waals surface area contributed by atoms with Crippen molar-refractivity contribution in [1.29, 1.82) is 0 Å². The minimum absolute atomic E-state index is 0.0278. The van der Waals surface area contributed by atoms with Crippen molar-refractivity contribution in [2.45, 2.75) is 83.7 Å². The van der Waals surface area contributed by atoms with E-state index in [1.165, 1.54) is 50.5 Å². The molecule has 5 rings (SSSR count). The second-order valence-corrected chi connectivity index (χ2v) is 10.5. The molecule has 1 aromatic rings. The Kier molecular flexibility index (Phi) is 4.01. The first-order chi connectivity index (χ1) is 12.5. The highest BCUT2D eigenvalue weighted by atomic mass is 16.3. The topological polar surface area (TPSA) is 33.1 Å². The lowest BCUT2D eigenvalue weighted by Gasteiger charge is -2.61. The van der Waals surface area contributed by atoms with Gasteiger partial charge in [0.25, 0.3) is 0 Å². The Bertz CT molecular complexity index is 659. The third-order valence-electron chi connectivity index (χ3n) is 9.72. The fourth-order valence-electron chi connectivity index (χ4n) is 8.37. The molecule has 1 N–H and O–H groups in total. The van der Waals surface area contributed by atoms with Crippen LogP contribution in [0.5, 0.6) is 0 Å². The predicted molar refractivity (Wildman–Crippen MR) is 105 cm³/mol. The van der Waals surface area contributed by atoms with E-state index < -0.39 is 0 Å². The number of aliphatic hydroxyl groups is 1. The number of hydrogen-bond donors (Lipinski definition) is 1. The maximum atomic E-state index is 10.2. The summed E-state index contributed by atoms with van der Waals surface area (Å²) >= 11 is 0. The van der Waals surface area contributed by atoms with E-state index in [1.54, 1.807) is 0 Å². The zero-order valence-corrected chi connectivity index (χ0v) is 16.5. The highest BCUT2D eigenvalue weighted by Crippen LogP contribution is 2.68. The van der Waals surface area contributed by atoms with Crippen LogP contribution in [-0.4, -0.2) is 16.2 Å². The van der Waals surface area contributed by atoms with Gasteiger partial charge in [-0.2, -0.15) is 0 Å². The van der Waals surface area contributed by atoms with Gasteiger partial charge in [0.15, 0.2) is 0 Å². The lowest BCUT2D eigenvalue weighted by atomic mass is 9.44. The van der Waals surface area contributed by atoms with E-state index in [0.29, 0.717) is 16.7 Å². The molecule has 26 heavy (non-hydrogen) atoms. The summed E-state index contributed by atoms with van der Waals surface area (Å²) < 4.78 is 0. The zero-order chi connectivity index (χ0) is 17.9. The summed E-state index contributed by atoms with van der Waals surface area (Å²) in [6.07, 6.45) is 15.7. The van der Waals surface area contributed by atoms with Crippen LogP contribution in [0, 0.1) is 34.5 Å². The lowest BCUT2D eigenvalue weighted by molar-refractivity contribution is -0.122. The molecule has 142 valence electrons. The predicted octanol–water partition coefficient (Wildman–Crippen LogP) is 5.57. The average Bonchev–Trinajstić information content (AvgIpc) is 3.00. The van der Waals surface area contributed by atoms with Gasteiger partial charge in [-0.25, -0.2) is 0 Å². The molecular weight excluding hydrogens is 318 g/mol. The number of aliphatic hydroxyl groups excluding tert-OH is 1. The van der Waals surface area contributed by atoms with Crippen molar-refractivity contribution < 1.29 is 5.11 Å². The van der Waals surface area contributed by atoms with Gasteiger partial charge in [0.2, 0.25) is 0 Å². The Morgan fingerprint density at radius 3 is 2.58 bits per heavy atom. The molecule has 0 aliphatic heterocycles. The van der Waals surface area contributed by atoms with E-state index in [0.717, 1.165) is 36.5 Å². The van der Waals surface area contributed by atoms with Gasteiger partial charge < -0.3 is 5.11 Å². The van der Waals surface area contributed by atoms with E-state index in [9.17, 15) is 5.11 Å². The zero-order valence-electron chi connectivity index (χ0n) is 16.5. The van der Waals surface area contributed by atoms with Crippen LogP contribution in [0.15, 0.2) is 24.5 Å². The fraction of sp³-hybridized carbons (Fsp3) is 0.792. The summed E-state index contributed by atoms with van der Waals surface area (Å²) in [5, 5.41) is 10.2. The first kappa shape index (κ1) is 17.2. The Labute approximate surface area is 158 Å². The monoisotopic (exact) mass is 353 g/mol. The smallest absolute Gasteiger partial charge is 0.0543 e. The van der Waals surface area contributed by atoms with Crippen LogP contribution in [0.25, 0.3) is 0 Å². The third-order valence-corrected chi connectivity index (χ3v) is 9.72. The van der Waals surface area contributed by atoms with Crippen LogP contribution in [0.1, 0.15) is 83.1 Å². The number of rotatable bonds is 1. The van der Waals surface area contributed by atoms with Crippen molar-refractivity contribution in [2.75, 3.05) is 0 Å². The van der Waals surface area contributed by atoms with E-state index in [1.807, 2.05) is 6.20 Å². The number of fused-ring (bicyclic) bond motifs is 5. The molecule has 0 spiro atoms. The third kappa shape index (κ3) is 2.37. The molecule has 4 saturated carbocycles. The Morgan fingerprint density at radius 1 is 0.962 bits per heavy atom. The summed E-state index contributed by atoms with van der Waals surface area (Å²) in [6, 6.07) is 4.44. The standard InChI is InChI=1S/C24H35NO/c1-23-11-9-18(26)14-17(23)5-6-19-21-8-7-20(16-4-3-13-25-15-16)24(21,2)12-10-22(19)23/h3-4,13,15,17-22,26H,5-12,14H2,1-2H3/t17?,18-,19-,20?,21-,22-,23-,24+/m0/s1. The van der Waals surface area contributed by atoms with Gasteiger partial charge in [0.05, 0.1) is 6.10 Å². The molecule has 2 unspecified atom stereocenters. The van der Waals surface area contributed by atoms with Gasteiger partial charge in [-0.15, -0.1) is 0 Å². The number of nitrogens with zero attached hydrogens (tertiary/aromatic N) is 1. The van der Waals surface area contributed by atoms with Crippen molar-refractivity contribution in [3.05, 3.63) is 30.1 Å². The molecule has 4 aliphatic carbocycles. The van der Waals surface area contributed by atoms with Crippen molar-refractivity contribution >= 4 is 0 Å². The van der Waals surface area contributed by atoms with Gasteiger partial charge >= 0.3 is 0 Å². The number of aromatic nitrogens is 1.